The average molecular weight is 317 g/mol. The lowest BCUT2D eigenvalue weighted by atomic mass is 10.3. The van der Waals surface area contributed by atoms with Crippen molar-refractivity contribution in [2.75, 3.05) is 18.4 Å². The molecule has 116 valence electrons. The van der Waals surface area contributed by atoms with Crippen LogP contribution in [0.4, 0.5) is 19.3 Å². The summed E-state index contributed by atoms with van der Waals surface area (Å²) in [5.41, 5.74) is 0.423. The van der Waals surface area contributed by atoms with Crippen LogP contribution in [0.2, 0.25) is 0 Å². The molecule has 1 aromatic carbocycles. The van der Waals surface area contributed by atoms with Gasteiger partial charge in [0.1, 0.15) is 0 Å². The predicted octanol–water partition coefficient (Wildman–Crippen LogP) is 2.65. The number of anilines is 1. The monoisotopic (exact) mass is 317 g/mol. The number of carbonyl (C=O) groups is 2. The average Bonchev–Trinajstić information content (AvgIpc) is 2.43. The Labute approximate surface area is 125 Å². The Balaban J connectivity index is 2.47. The first-order valence-corrected chi connectivity index (χ1v) is 7.26. The number of rotatable bonds is 7. The quantitative estimate of drug-likeness (QED) is 0.676. The Hall–Kier alpha value is -1.83. The van der Waals surface area contributed by atoms with Gasteiger partial charge in [-0.15, -0.1) is 0 Å². The van der Waals surface area contributed by atoms with E-state index in [9.17, 15) is 18.4 Å². The van der Waals surface area contributed by atoms with E-state index in [1.807, 2.05) is 6.92 Å². The van der Waals surface area contributed by atoms with E-state index in [1.165, 1.54) is 6.07 Å². The molecule has 0 saturated carbocycles. The molecule has 0 radical (unpaired) electrons. The van der Waals surface area contributed by atoms with Crippen LogP contribution < -0.4 is 16.0 Å². The fourth-order valence-electron chi connectivity index (χ4n) is 1.44. The van der Waals surface area contributed by atoms with Crippen LogP contribution in [-0.2, 0) is 4.79 Å². The number of hydrogen-bond acceptors (Lipinski definition) is 4. The second-order valence-electron chi connectivity index (χ2n) is 4.03. The molecule has 0 spiro atoms. The first kappa shape index (κ1) is 17.2. The van der Waals surface area contributed by atoms with Gasteiger partial charge in [0, 0.05) is 17.1 Å². The number of alkyl halides is 2. The van der Waals surface area contributed by atoms with Gasteiger partial charge in [0.05, 0.1) is 6.54 Å². The van der Waals surface area contributed by atoms with E-state index in [0.29, 0.717) is 28.9 Å². The molecular weight excluding hydrogens is 300 g/mol. The van der Waals surface area contributed by atoms with Gasteiger partial charge in [-0.25, -0.2) is 4.79 Å². The standard InChI is InChI=1S/C13H17F2N3O2S/c1-2-7-16-13(20)18-11(19)8-17-9-5-3-4-6-10(9)21-12(14)15/h3-6,12,17H,2,7-8H2,1H3,(H2,16,18,19,20). The van der Waals surface area contributed by atoms with Gasteiger partial charge in [0.15, 0.2) is 0 Å². The number of urea groups is 1. The Morgan fingerprint density at radius 2 is 2.00 bits per heavy atom. The summed E-state index contributed by atoms with van der Waals surface area (Å²) in [5, 5.41) is 7.37. The fraction of sp³-hybridized carbons (Fsp3) is 0.385. The van der Waals surface area contributed by atoms with Crippen molar-refractivity contribution >= 4 is 29.4 Å². The number of hydrogen-bond donors (Lipinski definition) is 3. The topological polar surface area (TPSA) is 70.2 Å². The third-order valence-corrected chi connectivity index (χ3v) is 3.12. The van der Waals surface area contributed by atoms with Crippen molar-refractivity contribution in [3.63, 3.8) is 0 Å². The Morgan fingerprint density at radius 3 is 2.67 bits per heavy atom. The van der Waals surface area contributed by atoms with Crippen LogP contribution in [0.25, 0.3) is 0 Å². The predicted molar refractivity (Wildman–Crippen MR) is 78.6 cm³/mol. The molecule has 3 amide bonds. The van der Waals surface area contributed by atoms with Crippen molar-refractivity contribution in [3.05, 3.63) is 24.3 Å². The molecule has 0 aromatic heterocycles. The molecule has 3 N–H and O–H groups in total. The van der Waals surface area contributed by atoms with Crippen LogP contribution in [0.3, 0.4) is 0 Å². The first-order valence-electron chi connectivity index (χ1n) is 6.38. The maximum absolute atomic E-state index is 12.4. The number of thioether (sulfide) groups is 1. The largest absolute Gasteiger partial charge is 0.375 e. The molecule has 21 heavy (non-hydrogen) atoms. The lowest BCUT2D eigenvalue weighted by molar-refractivity contribution is -0.118. The summed E-state index contributed by atoms with van der Waals surface area (Å²) in [4.78, 5) is 23.1. The molecule has 0 heterocycles. The van der Waals surface area contributed by atoms with Gasteiger partial charge in [-0.2, -0.15) is 8.78 Å². The molecule has 0 fully saturated rings. The highest BCUT2D eigenvalue weighted by molar-refractivity contribution is 7.99. The summed E-state index contributed by atoms with van der Waals surface area (Å²) in [6, 6.07) is 5.86. The number of benzene rings is 1. The third kappa shape index (κ3) is 6.94. The molecule has 0 aliphatic carbocycles. The Morgan fingerprint density at radius 1 is 1.29 bits per heavy atom. The smallest absolute Gasteiger partial charge is 0.321 e. The van der Waals surface area contributed by atoms with Gasteiger partial charge >= 0.3 is 6.03 Å². The van der Waals surface area contributed by atoms with Crippen molar-refractivity contribution < 1.29 is 18.4 Å². The van der Waals surface area contributed by atoms with Crippen molar-refractivity contribution in [3.8, 4) is 0 Å². The van der Waals surface area contributed by atoms with Crippen LogP contribution in [0, 0.1) is 0 Å². The van der Waals surface area contributed by atoms with Crippen LogP contribution in [0.5, 0.6) is 0 Å². The molecule has 0 saturated heterocycles. The van der Waals surface area contributed by atoms with Crippen LogP contribution in [0.15, 0.2) is 29.2 Å². The lowest BCUT2D eigenvalue weighted by Gasteiger charge is -2.11. The van der Waals surface area contributed by atoms with Crippen molar-refractivity contribution in [1.29, 1.82) is 0 Å². The zero-order chi connectivity index (χ0) is 15.7. The molecule has 1 aromatic rings. The second-order valence-corrected chi connectivity index (χ2v) is 5.06. The van der Waals surface area contributed by atoms with Gasteiger partial charge < -0.3 is 10.6 Å². The highest BCUT2D eigenvalue weighted by Crippen LogP contribution is 2.31. The molecule has 8 heteroatoms. The van der Waals surface area contributed by atoms with Gasteiger partial charge in [-0.3, -0.25) is 10.1 Å². The first-order chi connectivity index (χ1) is 10.0. The van der Waals surface area contributed by atoms with Crippen LogP contribution in [0.1, 0.15) is 13.3 Å². The molecule has 5 nitrogen and oxygen atoms in total. The maximum atomic E-state index is 12.4. The Bertz CT molecular complexity index is 486. The third-order valence-electron chi connectivity index (χ3n) is 2.33. The Kier molecular flexibility index (Phi) is 7.52. The zero-order valence-corrected chi connectivity index (χ0v) is 12.3. The minimum Gasteiger partial charge on any atom is -0.375 e. The number of carbonyl (C=O) groups excluding carboxylic acids is 2. The van der Waals surface area contributed by atoms with E-state index in [0.717, 1.165) is 6.42 Å². The summed E-state index contributed by atoms with van der Waals surface area (Å²) < 4.78 is 24.8. The van der Waals surface area contributed by atoms with E-state index < -0.39 is 17.7 Å². The highest BCUT2D eigenvalue weighted by atomic mass is 32.2. The molecule has 1 rings (SSSR count). The highest BCUT2D eigenvalue weighted by Gasteiger charge is 2.11. The number of halogens is 2. The van der Waals surface area contributed by atoms with Crippen molar-refractivity contribution in [2.45, 2.75) is 24.0 Å². The lowest BCUT2D eigenvalue weighted by Crippen LogP contribution is -2.42. The SMILES string of the molecule is CCCNC(=O)NC(=O)CNc1ccccc1SC(F)F. The van der Waals surface area contributed by atoms with E-state index in [2.05, 4.69) is 16.0 Å². The molecule has 0 aliphatic heterocycles. The van der Waals surface area contributed by atoms with Crippen LogP contribution >= 0.6 is 11.8 Å². The van der Waals surface area contributed by atoms with Gasteiger partial charge in [-0.1, -0.05) is 30.8 Å². The van der Waals surface area contributed by atoms with Gasteiger partial charge in [0.2, 0.25) is 5.91 Å². The van der Waals surface area contributed by atoms with E-state index in [-0.39, 0.29) is 6.54 Å². The van der Waals surface area contributed by atoms with Crippen molar-refractivity contribution in [1.82, 2.24) is 10.6 Å². The second kappa shape index (κ2) is 9.17. The molecule has 0 unspecified atom stereocenters. The summed E-state index contributed by atoms with van der Waals surface area (Å²) in [6.45, 7) is 2.18. The van der Waals surface area contributed by atoms with Gasteiger partial charge in [-0.05, 0) is 18.6 Å². The van der Waals surface area contributed by atoms with Gasteiger partial charge in [0.25, 0.3) is 5.76 Å². The summed E-state index contributed by atoms with van der Waals surface area (Å²) in [7, 11) is 0. The van der Waals surface area contributed by atoms with Crippen molar-refractivity contribution in [2.24, 2.45) is 0 Å². The number of imide groups is 1. The normalized spacial score (nSPS) is 10.3. The summed E-state index contributed by atoms with van der Waals surface area (Å²) in [6.07, 6.45) is 0.762. The number of para-hydroxylation sites is 1. The number of amides is 3. The molecule has 0 aliphatic rings. The summed E-state index contributed by atoms with van der Waals surface area (Å²) >= 11 is 0.395. The van der Waals surface area contributed by atoms with E-state index in [4.69, 9.17) is 0 Å². The molecular formula is C13H17F2N3O2S. The molecule has 0 atom stereocenters. The van der Waals surface area contributed by atoms with Crippen LogP contribution in [-0.4, -0.2) is 30.8 Å². The van der Waals surface area contributed by atoms with E-state index >= 15 is 0 Å². The minimum absolute atomic E-state index is 0.180. The molecule has 0 bridgehead atoms. The minimum atomic E-state index is -2.54. The maximum Gasteiger partial charge on any atom is 0.321 e. The zero-order valence-electron chi connectivity index (χ0n) is 11.5. The summed E-state index contributed by atoms with van der Waals surface area (Å²) in [5.74, 6) is -3.08. The van der Waals surface area contributed by atoms with E-state index in [1.54, 1.807) is 18.2 Å². The fourth-order valence-corrected chi connectivity index (χ4v) is 2.06. The number of nitrogens with one attached hydrogen (secondary N) is 3.